The number of hydrogen-bond donors (Lipinski definition) is 0. The Hall–Kier alpha value is -2.05. The highest BCUT2D eigenvalue weighted by atomic mass is 16.5. The van der Waals surface area contributed by atoms with Gasteiger partial charge in [-0.05, 0) is 0 Å². The third-order valence-corrected chi connectivity index (χ3v) is 1.96. The molecule has 7 nitrogen and oxygen atoms in total. The Morgan fingerprint density at radius 2 is 2.38 bits per heavy atom. The van der Waals surface area contributed by atoms with Crippen LogP contribution in [0.25, 0.3) is 0 Å². The quantitative estimate of drug-likeness (QED) is 0.704. The predicted octanol–water partition coefficient (Wildman–Crippen LogP) is 0.645. The lowest BCUT2D eigenvalue weighted by molar-refractivity contribution is 0.111. The Morgan fingerprint density at radius 1 is 1.56 bits per heavy atom. The van der Waals surface area contributed by atoms with Crippen molar-refractivity contribution in [3.05, 3.63) is 23.6 Å². The maximum Gasteiger partial charge on any atom is 0.229 e. The van der Waals surface area contributed by atoms with Gasteiger partial charge in [0.25, 0.3) is 0 Å². The van der Waals surface area contributed by atoms with E-state index in [-0.39, 0.29) is 11.6 Å². The number of aromatic nitrogens is 5. The maximum absolute atomic E-state index is 10.4. The van der Waals surface area contributed by atoms with Crippen molar-refractivity contribution >= 4 is 6.29 Å². The molecular weight excluding hydrogens is 210 g/mol. The Balaban J connectivity index is 2.11. The molecule has 0 fully saturated rings. The van der Waals surface area contributed by atoms with Crippen LogP contribution >= 0.6 is 0 Å². The second kappa shape index (κ2) is 4.21. The summed E-state index contributed by atoms with van der Waals surface area (Å²) in [5.74, 6) is 1.30. The minimum atomic E-state index is 0.197. The van der Waals surface area contributed by atoms with E-state index in [0.717, 1.165) is 0 Å². The van der Waals surface area contributed by atoms with E-state index < -0.39 is 0 Å². The van der Waals surface area contributed by atoms with E-state index in [2.05, 4.69) is 20.5 Å². The highest BCUT2D eigenvalue weighted by Crippen LogP contribution is 2.11. The second-order valence-corrected chi connectivity index (χ2v) is 3.66. The number of carbonyl (C=O) groups is 1. The average Bonchev–Trinajstić information content (AvgIpc) is 2.87. The summed E-state index contributed by atoms with van der Waals surface area (Å²) in [6, 6.07) is 0. The van der Waals surface area contributed by atoms with E-state index in [1.165, 1.54) is 10.9 Å². The van der Waals surface area contributed by atoms with E-state index in [4.69, 9.17) is 4.52 Å². The Kier molecular flexibility index (Phi) is 2.76. The second-order valence-electron chi connectivity index (χ2n) is 3.66. The summed E-state index contributed by atoms with van der Waals surface area (Å²) in [5, 5.41) is 11.2. The molecule has 0 aliphatic heterocycles. The molecule has 0 unspecified atom stereocenters. The van der Waals surface area contributed by atoms with E-state index >= 15 is 0 Å². The highest BCUT2D eigenvalue weighted by Gasteiger charge is 2.10. The summed E-state index contributed by atoms with van der Waals surface area (Å²) in [7, 11) is 0. The topological polar surface area (TPSA) is 86.7 Å². The van der Waals surface area contributed by atoms with Crippen LogP contribution in [0.15, 0.2) is 10.7 Å². The van der Waals surface area contributed by atoms with Crippen molar-refractivity contribution in [3.63, 3.8) is 0 Å². The molecule has 2 aromatic rings. The van der Waals surface area contributed by atoms with Crippen LogP contribution in [0, 0.1) is 0 Å². The van der Waals surface area contributed by atoms with Crippen LogP contribution in [0.4, 0.5) is 0 Å². The molecule has 0 spiro atoms. The lowest BCUT2D eigenvalue weighted by atomic mass is 10.2. The molecule has 84 valence electrons. The van der Waals surface area contributed by atoms with Crippen LogP contribution in [0.3, 0.4) is 0 Å². The molecule has 0 N–H and O–H groups in total. The molecule has 7 heteroatoms. The first kappa shape index (κ1) is 10.5. The number of nitrogens with zero attached hydrogens (tertiary/aromatic N) is 5. The summed E-state index contributed by atoms with van der Waals surface area (Å²) in [4.78, 5) is 14.6. The Morgan fingerprint density at radius 3 is 2.94 bits per heavy atom. The lowest BCUT2D eigenvalue weighted by Crippen LogP contribution is -2.02. The largest absolute Gasteiger partial charge is 0.339 e. The summed E-state index contributed by atoms with van der Waals surface area (Å²) >= 11 is 0. The minimum Gasteiger partial charge on any atom is -0.339 e. The molecule has 16 heavy (non-hydrogen) atoms. The zero-order valence-corrected chi connectivity index (χ0v) is 8.99. The van der Waals surface area contributed by atoms with Crippen LogP contribution in [0.2, 0.25) is 0 Å². The van der Waals surface area contributed by atoms with E-state index in [1.807, 2.05) is 13.8 Å². The van der Waals surface area contributed by atoms with Crippen LogP contribution in [-0.4, -0.2) is 31.4 Å². The van der Waals surface area contributed by atoms with Crippen LogP contribution < -0.4 is 0 Å². The van der Waals surface area contributed by atoms with Gasteiger partial charge < -0.3 is 4.52 Å². The normalized spacial score (nSPS) is 10.9. The van der Waals surface area contributed by atoms with Crippen molar-refractivity contribution in [2.45, 2.75) is 26.3 Å². The SMILES string of the molecule is CC(C)c1nc(Cn2cc(C=O)nn2)no1. The standard InChI is InChI=1S/C9H11N5O2/c1-6(2)9-10-8(12-16-9)4-14-3-7(5-15)11-13-14/h3,5-6H,4H2,1-2H3. The average molecular weight is 221 g/mol. The molecular formula is C9H11N5O2. The molecule has 0 radical (unpaired) electrons. The van der Waals surface area contributed by atoms with Crippen LogP contribution in [-0.2, 0) is 6.54 Å². The molecule has 0 atom stereocenters. The fraction of sp³-hybridized carbons (Fsp3) is 0.444. The molecule has 0 aliphatic carbocycles. The van der Waals surface area contributed by atoms with Crippen molar-refractivity contribution in [2.75, 3.05) is 0 Å². The van der Waals surface area contributed by atoms with Crippen LogP contribution in [0.5, 0.6) is 0 Å². The number of hydrogen-bond acceptors (Lipinski definition) is 6. The monoisotopic (exact) mass is 221 g/mol. The zero-order valence-electron chi connectivity index (χ0n) is 8.99. The van der Waals surface area contributed by atoms with Crippen molar-refractivity contribution in [1.82, 2.24) is 25.1 Å². The van der Waals surface area contributed by atoms with Crippen molar-refractivity contribution < 1.29 is 9.32 Å². The van der Waals surface area contributed by atoms with Gasteiger partial charge in [0, 0.05) is 5.92 Å². The minimum absolute atomic E-state index is 0.197. The number of carbonyl (C=O) groups excluding carboxylic acids is 1. The van der Waals surface area contributed by atoms with Gasteiger partial charge in [-0.25, -0.2) is 4.68 Å². The maximum atomic E-state index is 10.4. The summed E-state index contributed by atoms with van der Waals surface area (Å²) in [6.07, 6.45) is 2.16. The van der Waals surface area contributed by atoms with Gasteiger partial charge in [-0.15, -0.1) is 5.10 Å². The molecule has 0 amide bonds. The highest BCUT2D eigenvalue weighted by molar-refractivity contribution is 5.70. The molecule has 2 heterocycles. The Labute approximate surface area is 91.5 Å². The smallest absolute Gasteiger partial charge is 0.229 e. The summed E-state index contributed by atoms with van der Waals surface area (Å²) < 4.78 is 6.52. The van der Waals surface area contributed by atoms with Crippen molar-refractivity contribution in [2.24, 2.45) is 0 Å². The molecule has 0 bridgehead atoms. The van der Waals surface area contributed by atoms with E-state index in [1.54, 1.807) is 0 Å². The molecule has 0 saturated carbocycles. The third-order valence-electron chi connectivity index (χ3n) is 1.96. The third kappa shape index (κ3) is 2.13. The van der Waals surface area contributed by atoms with E-state index in [9.17, 15) is 4.79 Å². The molecule has 0 aromatic carbocycles. The van der Waals surface area contributed by atoms with Gasteiger partial charge in [0.15, 0.2) is 12.1 Å². The zero-order chi connectivity index (χ0) is 11.5. The van der Waals surface area contributed by atoms with Gasteiger partial charge in [0.1, 0.15) is 12.2 Å². The first-order valence-electron chi connectivity index (χ1n) is 4.87. The number of aldehydes is 1. The summed E-state index contributed by atoms with van der Waals surface area (Å²) in [6.45, 7) is 4.28. The molecule has 0 aliphatic rings. The van der Waals surface area contributed by atoms with Gasteiger partial charge in [0.2, 0.25) is 5.89 Å². The van der Waals surface area contributed by atoms with Gasteiger partial charge in [0.05, 0.1) is 6.20 Å². The Bertz CT molecular complexity index is 488. The molecule has 2 rings (SSSR count). The molecule has 0 saturated heterocycles. The molecule has 2 aromatic heterocycles. The van der Waals surface area contributed by atoms with Crippen molar-refractivity contribution in [3.8, 4) is 0 Å². The van der Waals surface area contributed by atoms with E-state index in [0.29, 0.717) is 24.5 Å². The fourth-order valence-corrected chi connectivity index (χ4v) is 1.16. The van der Waals surface area contributed by atoms with Gasteiger partial charge in [-0.3, -0.25) is 4.79 Å². The first-order valence-corrected chi connectivity index (χ1v) is 4.87. The fourth-order valence-electron chi connectivity index (χ4n) is 1.16. The van der Waals surface area contributed by atoms with Crippen molar-refractivity contribution in [1.29, 1.82) is 0 Å². The lowest BCUT2D eigenvalue weighted by Gasteiger charge is -1.93. The summed E-state index contributed by atoms with van der Waals surface area (Å²) in [5.41, 5.74) is 0.285. The van der Waals surface area contributed by atoms with Crippen LogP contribution in [0.1, 0.15) is 42.0 Å². The van der Waals surface area contributed by atoms with Gasteiger partial charge in [-0.1, -0.05) is 24.2 Å². The predicted molar refractivity (Wildman–Crippen MR) is 52.9 cm³/mol. The van der Waals surface area contributed by atoms with Gasteiger partial charge >= 0.3 is 0 Å². The first-order chi connectivity index (χ1) is 7.69. The number of rotatable bonds is 4. The van der Waals surface area contributed by atoms with Gasteiger partial charge in [-0.2, -0.15) is 4.98 Å².